The Morgan fingerprint density at radius 2 is 1.60 bits per heavy atom. The molecule has 0 bridgehead atoms. The Hall–Kier alpha value is -0.310. The maximum atomic E-state index is 12.6. The summed E-state index contributed by atoms with van der Waals surface area (Å²) in [4.78, 5) is 10.9. The van der Waals surface area contributed by atoms with Crippen LogP contribution in [-0.2, 0) is 15.0 Å². The minimum absolute atomic E-state index is 0.296. The van der Waals surface area contributed by atoms with E-state index in [-0.39, 0.29) is 0 Å². The number of aliphatic carboxylic acids is 1. The van der Waals surface area contributed by atoms with Crippen LogP contribution in [0.2, 0.25) is 0 Å². The summed E-state index contributed by atoms with van der Waals surface area (Å²) >= 11 is 1.81. The molecule has 0 radical (unpaired) electrons. The van der Waals surface area contributed by atoms with Crippen LogP contribution in [0, 0.1) is 5.92 Å². The van der Waals surface area contributed by atoms with Gasteiger partial charge in [0.05, 0.1) is 5.92 Å². The van der Waals surface area contributed by atoms with Gasteiger partial charge in [0.2, 0.25) is 0 Å². The Bertz CT molecular complexity index is 450. The van der Waals surface area contributed by atoms with Crippen molar-refractivity contribution < 1.29 is 18.3 Å². The third-order valence-corrected chi connectivity index (χ3v) is 7.04. The Balaban J connectivity index is 2.02. The SMILES string of the molecule is CC1CN(S(=O)(=O)N2CCC(C(=O)O)CC2)CC(C)S1. The van der Waals surface area contributed by atoms with E-state index in [1.54, 1.807) is 4.31 Å². The summed E-state index contributed by atoms with van der Waals surface area (Å²) in [5, 5.41) is 9.56. The third kappa shape index (κ3) is 3.47. The van der Waals surface area contributed by atoms with Crippen molar-refractivity contribution in [2.45, 2.75) is 37.2 Å². The van der Waals surface area contributed by atoms with Gasteiger partial charge in [-0.15, -0.1) is 0 Å². The number of rotatable bonds is 3. The third-order valence-electron chi connectivity index (χ3n) is 3.84. The summed E-state index contributed by atoms with van der Waals surface area (Å²) in [6.07, 6.45) is 0.810. The van der Waals surface area contributed by atoms with Crippen molar-refractivity contribution in [3.63, 3.8) is 0 Å². The second kappa shape index (κ2) is 6.21. The van der Waals surface area contributed by atoms with Crippen LogP contribution in [0.4, 0.5) is 0 Å². The first-order valence-corrected chi connectivity index (χ1v) is 9.28. The van der Waals surface area contributed by atoms with Crippen LogP contribution in [0.5, 0.6) is 0 Å². The van der Waals surface area contributed by atoms with Crippen molar-refractivity contribution in [2.75, 3.05) is 26.2 Å². The smallest absolute Gasteiger partial charge is 0.306 e. The molecule has 0 aromatic rings. The normalized spacial score (nSPS) is 31.3. The molecule has 2 rings (SSSR count). The van der Waals surface area contributed by atoms with E-state index < -0.39 is 22.1 Å². The lowest BCUT2D eigenvalue weighted by Gasteiger charge is -2.38. The number of carbonyl (C=O) groups is 1. The van der Waals surface area contributed by atoms with Gasteiger partial charge < -0.3 is 5.11 Å². The van der Waals surface area contributed by atoms with E-state index in [0.29, 0.717) is 49.5 Å². The summed E-state index contributed by atoms with van der Waals surface area (Å²) in [5.41, 5.74) is 0. The molecule has 0 spiro atoms. The number of nitrogens with zero attached hydrogens (tertiary/aromatic N) is 2. The molecule has 2 fully saturated rings. The first-order chi connectivity index (χ1) is 9.30. The Kier molecular flexibility index (Phi) is 4.99. The molecule has 116 valence electrons. The molecule has 0 aromatic carbocycles. The Labute approximate surface area is 124 Å². The lowest BCUT2D eigenvalue weighted by atomic mass is 9.99. The van der Waals surface area contributed by atoms with Crippen molar-refractivity contribution in [3.8, 4) is 0 Å². The van der Waals surface area contributed by atoms with Gasteiger partial charge in [0.1, 0.15) is 0 Å². The molecule has 6 nitrogen and oxygen atoms in total. The monoisotopic (exact) mass is 322 g/mol. The molecule has 0 aliphatic carbocycles. The topological polar surface area (TPSA) is 77.9 Å². The highest BCUT2D eigenvalue weighted by molar-refractivity contribution is 8.00. The fourth-order valence-corrected chi connectivity index (χ4v) is 6.15. The number of hydrogen-bond donors (Lipinski definition) is 1. The molecular weight excluding hydrogens is 300 g/mol. The van der Waals surface area contributed by atoms with Crippen LogP contribution in [-0.4, -0.2) is 64.8 Å². The average molecular weight is 322 g/mol. The van der Waals surface area contributed by atoms with Crippen molar-refractivity contribution >= 4 is 27.9 Å². The minimum atomic E-state index is -3.44. The number of piperidine rings is 1. The molecule has 2 atom stereocenters. The van der Waals surface area contributed by atoms with Gasteiger partial charge in [0.25, 0.3) is 10.2 Å². The van der Waals surface area contributed by atoms with Crippen molar-refractivity contribution in [1.82, 2.24) is 8.61 Å². The summed E-state index contributed by atoms with van der Waals surface area (Å²) < 4.78 is 28.2. The summed E-state index contributed by atoms with van der Waals surface area (Å²) in [7, 11) is -3.44. The zero-order valence-corrected chi connectivity index (χ0v) is 13.5. The molecule has 0 saturated carbocycles. The van der Waals surface area contributed by atoms with Crippen LogP contribution in [0.3, 0.4) is 0 Å². The molecule has 2 aliphatic rings. The first kappa shape index (κ1) is 16.1. The van der Waals surface area contributed by atoms with Gasteiger partial charge in [-0.2, -0.15) is 28.8 Å². The van der Waals surface area contributed by atoms with Gasteiger partial charge in [0, 0.05) is 36.7 Å². The van der Waals surface area contributed by atoms with Crippen molar-refractivity contribution in [2.24, 2.45) is 5.92 Å². The predicted octanol–water partition coefficient (Wildman–Crippen LogP) is 0.854. The Morgan fingerprint density at radius 3 is 2.05 bits per heavy atom. The number of thioether (sulfide) groups is 1. The molecule has 0 amide bonds. The maximum Gasteiger partial charge on any atom is 0.306 e. The fourth-order valence-electron chi connectivity index (χ4n) is 2.82. The highest BCUT2D eigenvalue weighted by Crippen LogP contribution is 2.29. The summed E-state index contributed by atoms with van der Waals surface area (Å²) in [6, 6.07) is 0. The van der Waals surface area contributed by atoms with Gasteiger partial charge in [0.15, 0.2) is 0 Å². The van der Waals surface area contributed by atoms with Crippen LogP contribution >= 0.6 is 11.8 Å². The molecular formula is C12H22N2O4S2. The summed E-state index contributed by atoms with van der Waals surface area (Å²) in [6.45, 7) is 5.78. The largest absolute Gasteiger partial charge is 0.481 e. The standard InChI is InChI=1S/C12H22N2O4S2/c1-9-7-14(8-10(2)19-9)20(17,18)13-5-3-11(4-6-13)12(15)16/h9-11H,3-8H2,1-2H3,(H,15,16). The van der Waals surface area contributed by atoms with Gasteiger partial charge in [-0.05, 0) is 12.8 Å². The molecule has 2 aliphatic heterocycles. The number of carboxylic acid groups (broad SMARTS) is 1. The molecule has 2 unspecified atom stereocenters. The van der Waals surface area contributed by atoms with E-state index in [1.807, 2.05) is 25.6 Å². The molecule has 20 heavy (non-hydrogen) atoms. The van der Waals surface area contributed by atoms with Gasteiger partial charge in [-0.3, -0.25) is 4.79 Å². The van der Waals surface area contributed by atoms with Gasteiger partial charge in [-0.25, -0.2) is 0 Å². The quantitative estimate of drug-likeness (QED) is 0.833. The predicted molar refractivity (Wildman–Crippen MR) is 78.9 cm³/mol. The fraction of sp³-hybridized carbons (Fsp3) is 0.917. The highest BCUT2D eigenvalue weighted by atomic mass is 32.2. The van der Waals surface area contributed by atoms with E-state index in [2.05, 4.69) is 0 Å². The highest BCUT2D eigenvalue weighted by Gasteiger charge is 2.37. The van der Waals surface area contributed by atoms with Crippen molar-refractivity contribution in [1.29, 1.82) is 0 Å². The van der Waals surface area contributed by atoms with E-state index in [0.717, 1.165) is 0 Å². The maximum absolute atomic E-state index is 12.6. The van der Waals surface area contributed by atoms with E-state index >= 15 is 0 Å². The van der Waals surface area contributed by atoms with Crippen molar-refractivity contribution in [3.05, 3.63) is 0 Å². The molecule has 2 heterocycles. The number of carboxylic acids is 1. The molecule has 8 heteroatoms. The van der Waals surface area contributed by atoms with Gasteiger partial charge >= 0.3 is 5.97 Å². The second-order valence-corrected chi connectivity index (χ2v) is 9.40. The first-order valence-electron chi connectivity index (χ1n) is 6.94. The second-order valence-electron chi connectivity index (χ2n) is 5.59. The van der Waals surface area contributed by atoms with Crippen LogP contribution in [0.15, 0.2) is 0 Å². The van der Waals surface area contributed by atoms with E-state index in [1.165, 1.54) is 4.31 Å². The van der Waals surface area contributed by atoms with E-state index in [4.69, 9.17) is 5.11 Å². The number of hydrogen-bond acceptors (Lipinski definition) is 4. The van der Waals surface area contributed by atoms with Gasteiger partial charge in [-0.1, -0.05) is 13.8 Å². The zero-order valence-electron chi connectivity index (χ0n) is 11.9. The molecule has 1 N–H and O–H groups in total. The van der Waals surface area contributed by atoms with Crippen LogP contribution in [0.25, 0.3) is 0 Å². The molecule has 2 saturated heterocycles. The molecule has 0 aromatic heterocycles. The van der Waals surface area contributed by atoms with E-state index in [9.17, 15) is 13.2 Å². The zero-order chi connectivity index (χ0) is 14.9. The summed E-state index contributed by atoms with van der Waals surface area (Å²) in [5.74, 6) is -1.23. The average Bonchev–Trinajstić information content (AvgIpc) is 2.37. The minimum Gasteiger partial charge on any atom is -0.481 e. The lowest BCUT2D eigenvalue weighted by Crippen LogP contribution is -2.52. The Morgan fingerprint density at radius 1 is 1.10 bits per heavy atom. The van der Waals surface area contributed by atoms with Crippen LogP contribution < -0.4 is 0 Å². The van der Waals surface area contributed by atoms with Crippen LogP contribution in [0.1, 0.15) is 26.7 Å². The lowest BCUT2D eigenvalue weighted by molar-refractivity contribution is -0.142.